The highest BCUT2D eigenvalue weighted by Crippen LogP contribution is 2.23. The molecule has 3 rings (SSSR count). The Bertz CT molecular complexity index is 593. The van der Waals surface area contributed by atoms with Gasteiger partial charge in [-0.1, -0.05) is 11.6 Å². The zero-order chi connectivity index (χ0) is 13.9. The van der Waals surface area contributed by atoms with Crippen LogP contribution in [0.3, 0.4) is 0 Å². The molecular formula is C15H20N4O. The number of rotatable bonds is 3. The van der Waals surface area contributed by atoms with Gasteiger partial charge in [-0.2, -0.15) is 5.06 Å². The van der Waals surface area contributed by atoms with Crippen molar-refractivity contribution < 1.29 is 4.84 Å². The van der Waals surface area contributed by atoms with Crippen molar-refractivity contribution in [3.63, 3.8) is 0 Å². The van der Waals surface area contributed by atoms with Crippen LogP contribution in [0, 0.1) is 6.92 Å². The average Bonchev–Trinajstić information content (AvgIpc) is 2.49. The molecule has 0 radical (unpaired) electrons. The molecular weight excluding hydrogens is 252 g/mol. The lowest BCUT2D eigenvalue weighted by molar-refractivity contribution is -0.142. The Kier molecular flexibility index (Phi) is 3.80. The summed E-state index contributed by atoms with van der Waals surface area (Å²) in [6.07, 6.45) is 3.75. The van der Waals surface area contributed by atoms with Crippen LogP contribution >= 0.6 is 0 Å². The third-order valence-corrected chi connectivity index (χ3v) is 3.84. The van der Waals surface area contributed by atoms with Gasteiger partial charge < -0.3 is 10.2 Å². The third kappa shape index (κ3) is 2.73. The van der Waals surface area contributed by atoms with E-state index in [4.69, 9.17) is 4.84 Å². The molecule has 0 saturated carbocycles. The summed E-state index contributed by atoms with van der Waals surface area (Å²) in [4.78, 5) is 14.0. The summed E-state index contributed by atoms with van der Waals surface area (Å²) in [5.41, 5.74) is 2.21. The van der Waals surface area contributed by atoms with Crippen molar-refractivity contribution >= 4 is 16.7 Å². The van der Waals surface area contributed by atoms with Gasteiger partial charge in [0.05, 0.1) is 12.6 Å². The van der Waals surface area contributed by atoms with Crippen molar-refractivity contribution in [1.29, 1.82) is 0 Å². The summed E-state index contributed by atoms with van der Waals surface area (Å²) in [5.74, 6) is 0.939. The summed E-state index contributed by atoms with van der Waals surface area (Å²) < 4.78 is 0. The van der Waals surface area contributed by atoms with Crippen LogP contribution in [-0.2, 0) is 4.84 Å². The number of hydrogen-bond acceptors (Lipinski definition) is 5. The second-order valence-corrected chi connectivity index (χ2v) is 5.27. The molecule has 0 aliphatic carbocycles. The minimum atomic E-state index is 0.444. The lowest BCUT2D eigenvalue weighted by Crippen LogP contribution is -2.38. The highest BCUT2D eigenvalue weighted by atomic mass is 16.7. The predicted molar refractivity (Wildman–Crippen MR) is 79.5 cm³/mol. The van der Waals surface area contributed by atoms with Gasteiger partial charge in [-0.05, 0) is 31.9 Å². The fraction of sp³-hybridized carbons (Fsp3) is 0.467. The summed E-state index contributed by atoms with van der Waals surface area (Å²) in [5, 5.41) is 6.66. The first-order valence-electron chi connectivity index (χ1n) is 7.03. The van der Waals surface area contributed by atoms with Crippen LogP contribution in [0.5, 0.6) is 0 Å². The van der Waals surface area contributed by atoms with E-state index in [-0.39, 0.29) is 0 Å². The molecule has 1 aliphatic heterocycles. The number of hydroxylamine groups is 2. The van der Waals surface area contributed by atoms with Gasteiger partial charge in [0.15, 0.2) is 0 Å². The number of fused-ring (bicyclic) bond motifs is 1. The molecule has 106 valence electrons. The van der Waals surface area contributed by atoms with Crippen LogP contribution in [-0.4, -0.2) is 41.3 Å². The minimum absolute atomic E-state index is 0.444. The Labute approximate surface area is 118 Å². The Hall–Kier alpha value is -1.72. The predicted octanol–water partition coefficient (Wildman–Crippen LogP) is 2.38. The van der Waals surface area contributed by atoms with Crippen molar-refractivity contribution in [1.82, 2.24) is 15.0 Å². The van der Waals surface area contributed by atoms with Gasteiger partial charge in [-0.25, -0.2) is 9.97 Å². The lowest BCUT2D eigenvalue weighted by Gasteiger charge is -2.30. The highest BCUT2D eigenvalue weighted by molar-refractivity contribution is 5.89. The molecule has 2 aromatic rings. The molecule has 5 nitrogen and oxygen atoms in total. The van der Waals surface area contributed by atoms with E-state index in [1.54, 1.807) is 13.4 Å². The minimum Gasteiger partial charge on any atom is -0.367 e. The van der Waals surface area contributed by atoms with Crippen LogP contribution < -0.4 is 5.32 Å². The molecule has 20 heavy (non-hydrogen) atoms. The van der Waals surface area contributed by atoms with E-state index >= 15 is 0 Å². The van der Waals surface area contributed by atoms with E-state index < -0.39 is 0 Å². The van der Waals surface area contributed by atoms with Crippen LogP contribution in [0.4, 0.5) is 5.82 Å². The van der Waals surface area contributed by atoms with Crippen molar-refractivity contribution in [2.45, 2.75) is 25.8 Å². The number of nitrogens with zero attached hydrogens (tertiary/aromatic N) is 3. The second kappa shape index (κ2) is 5.73. The summed E-state index contributed by atoms with van der Waals surface area (Å²) >= 11 is 0. The van der Waals surface area contributed by atoms with Gasteiger partial charge in [0, 0.05) is 24.5 Å². The molecule has 2 heterocycles. The van der Waals surface area contributed by atoms with E-state index in [0.29, 0.717) is 6.04 Å². The fourth-order valence-corrected chi connectivity index (χ4v) is 2.66. The normalized spacial score (nSPS) is 17.5. The number of nitrogens with one attached hydrogen (secondary N) is 1. The van der Waals surface area contributed by atoms with Crippen molar-refractivity contribution in [3.05, 3.63) is 30.1 Å². The Balaban J connectivity index is 1.79. The number of benzene rings is 1. The lowest BCUT2D eigenvalue weighted by atomic mass is 10.1. The third-order valence-electron chi connectivity index (χ3n) is 3.84. The molecule has 1 saturated heterocycles. The van der Waals surface area contributed by atoms with E-state index in [0.717, 1.165) is 42.7 Å². The average molecular weight is 272 g/mol. The molecule has 0 amide bonds. The first kappa shape index (κ1) is 13.3. The second-order valence-electron chi connectivity index (χ2n) is 5.27. The van der Waals surface area contributed by atoms with E-state index in [1.165, 1.54) is 5.56 Å². The van der Waals surface area contributed by atoms with Gasteiger partial charge in [-0.3, -0.25) is 0 Å². The molecule has 1 fully saturated rings. The number of aryl methyl sites for hydroxylation is 1. The van der Waals surface area contributed by atoms with Crippen LogP contribution in [0.2, 0.25) is 0 Å². The SMILES string of the molecule is CON1CCC(Nc2ncnc3ccc(C)cc23)CC1. The zero-order valence-corrected chi connectivity index (χ0v) is 12.0. The van der Waals surface area contributed by atoms with Crippen molar-refractivity contribution in [3.8, 4) is 0 Å². The molecule has 1 aromatic heterocycles. The number of piperidine rings is 1. The molecule has 1 N–H and O–H groups in total. The maximum Gasteiger partial charge on any atom is 0.137 e. The number of anilines is 1. The van der Waals surface area contributed by atoms with Crippen LogP contribution in [0.25, 0.3) is 10.9 Å². The Morgan fingerprint density at radius 2 is 2.05 bits per heavy atom. The molecule has 0 bridgehead atoms. The summed E-state index contributed by atoms with van der Waals surface area (Å²) in [6, 6.07) is 6.71. The fourth-order valence-electron chi connectivity index (χ4n) is 2.66. The molecule has 0 unspecified atom stereocenters. The van der Waals surface area contributed by atoms with Crippen molar-refractivity contribution in [2.75, 3.05) is 25.5 Å². The maximum absolute atomic E-state index is 5.26. The monoisotopic (exact) mass is 272 g/mol. The number of aromatic nitrogens is 2. The van der Waals surface area contributed by atoms with E-state index in [1.807, 2.05) is 11.1 Å². The molecule has 1 aliphatic rings. The quantitative estimate of drug-likeness (QED) is 0.929. The Morgan fingerprint density at radius 3 is 2.80 bits per heavy atom. The van der Waals surface area contributed by atoms with E-state index in [9.17, 15) is 0 Å². The highest BCUT2D eigenvalue weighted by Gasteiger charge is 2.19. The van der Waals surface area contributed by atoms with Gasteiger partial charge in [0.1, 0.15) is 12.1 Å². The zero-order valence-electron chi connectivity index (χ0n) is 12.0. The molecule has 0 spiro atoms. The van der Waals surface area contributed by atoms with E-state index in [2.05, 4.69) is 34.3 Å². The van der Waals surface area contributed by atoms with Gasteiger partial charge in [0.25, 0.3) is 0 Å². The first-order chi connectivity index (χ1) is 9.76. The van der Waals surface area contributed by atoms with Crippen molar-refractivity contribution in [2.24, 2.45) is 0 Å². The largest absolute Gasteiger partial charge is 0.367 e. The standard InChI is InChI=1S/C15H20N4O/c1-11-3-4-14-13(9-11)15(17-10-16-14)18-12-5-7-19(20-2)8-6-12/h3-4,9-10,12H,5-8H2,1-2H3,(H,16,17,18). The van der Waals surface area contributed by atoms with Gasteiger partial charge in [0.2, 0.25) is 0 Å². The topological polar surface area (TPSA) is 50.3 Å². The molecule has 5 heteroatoms. The first-order valence-corrected chi connectivity index (χ1v) is 7.03. The van der Waals surface area contributed by atoms with Gasteiger partial charge in [-0.15, -0.1) is 0 Å². The smallest absolute Gasteiger partial charge is 0.137 e. The summed E-state index contributed by atoms with van der Waals surface area (Å²) in [6.45, 7) is 4.00. The molecule has 0 atom stereocenters. The molecule has 1 aromatic carbocycles. The number of hydrogen-bond donors (Lipinski definition) is 1. The van der Waals surface area contributed by atoms with Crippen LogP contribution in [0.15, 0.2) is 24.5 Å². The van der Waals surface area contributed by atoms with Crippen LogP contribution in [0.1, 0.15) is 18.4 Å². The Morgan fingerprint density at radius 1 is 1.25 bits per heavy atom. The van der Waals surface area contributed by atoms with Gasteiger partial charge >= 0.3 is 0 Å². The summed E-state index contributed by atoms with van der Waals surface area (Å²) in [7, 11) is 1.73. The maximum atomic E-state index is 5.26.